The standard InChI is InChI=1S/C22H28FN3O4S/c1-15-20(19(30-25-15)10-9-16-7-5-6-8-18(16)23)31(28,29)26-13-11-17(12-14-26)21(27)24-22(2,3)4/h5-10,17H,11-14H2,1-4H3,(H,24,27)/b10-9+. The van der Waals surface area contributed by atoms with Crippen LogP contribution in [0.2, 0.25) is 0 Å². The van der Waals surface area contributed by atoms with Gasteiger partial charge in [-0.1, -0.05) is 23.4 Å². The molecule has 168 valence electrons. The molecule has 0 atom stereocenters. The topological polar surface area (TPSA) is 92.5 Å². The molecule has 31 heavy (non-hydrogen) atoms. The van der Waals surface area contributed by atoms with Gasteiger partial charge in [-0.05, 0) is 58.8 Å². The summed E-state index contributed by atoms with van der Waals surface area (Å²) in [7, 11) is -3.88. The fraction of sp³-hybridized carbons (Fsp3) is 0.455. The number of aromatic nitrogens is 1. The summed E-state index contributed by atoms with van der Waals surface area (Å²) in [5.41, 5.74) is 0.214. The number of carbonyl (C=O) groups is 1. The van der Waals surface area contributed by atoms with Crippen LogP contribution in [0, 0.1) is 18.7 Å². The second-order valence-electron chi connectivity index (χ2n) is 8.73. The first-order chi connectivity index (χ1) is 14.5. The van der Waals surface area contributed by atoms with Crippen LogP contribution >= 0.6 is 0 Å². The van der Waals surface area contributed by atoms with E-state index in [0.29, 0.717) is 18.4 Å². The summed E-state index contributed by atoms with van der Waals surface area (Å²) < 4.78 is 47.0. The van der Waals surface area contributed by atoms with E-state index >= 15 is 0 Å². The van der Waals surface area contributed by atoms with Crippen LogP contribution in [0.1, 0.15) is 50.6 Å². The zero-order chi connectivity index (χ0) is 22.8. The molecule has 0 saturated carbocycles. The summed E-state index contributed by atoms with van der Waals surface area (Å²) in [5, 5.41) is 6.76. The van der Waals surface area contributed by atoms with Crippen molar-refractivity contribution in [3.63, 3.8) is 0 Å². The lowest BCUT2D eigenvalue weighted by molar-refractivity contribution is -0.127. The second kappa shape index (κ2) is 8.92. The first-order valence-corrected chi connectivity index (χ1v) is 11.6. The number of amides is 1. The monoisotopic (exact) mass is 449 g/mol. The molecule has 1 N–H and O–H groups in total. The van der Waals surface area contributed by atoms with Gasteiger partial charge in [0, 0.05) is 30.1 Å². The Kier molecular flexibility index (Phi) is 6.66. The summed E-state index contributed by atoms with van der Waals surface area (Å²) in [6.07, 6.45) is 3.74. The highest BCUT2D eigenvalue weighted by Crippen LogP contribution is 2.29. The fourth-order valence-corrected chi connectivity index (χ4v) is 5.25. The number of nitrogens with zero attached hydrogens (tertiary/aromatic N) is 2. The lowest BCUT2D eigenvalue weighted by Gasteiger charge is -2.32. The number of hydrogen-bond donors (Lipinski definition) is 1. The van der Waals surface area contributed by atoms with E-state index in [1.54, 1.807) is 25.1 Å². The van der Waals surface area contributed by atoms with Crippen LogP contribution in [0.15, 0.2) is 33.7 Å². The van der Waals surface area contributed by atoms with Crippen LogP contribution in [-0.4, -0.2) is 42.4 Å². The highest BCUT2D eigenvalue weighted by molar-refractivity contribution is 7.89. The van der Waals surface area contributed by atoms with Crippen molar-refractivity contribution >= 4 is 28.1 Å². The molecule has 0 aliphatic carbocycles. The van der Waals surface area contributed by atoms with Crippen LogP contribution in [0.5, 0.6) is 0 Å². The van der Waals surface area contributed by atoms with Gasteiger partial charge in [0.05, 0.1) is 0 Å². The van der Waals surface area contributed by atoms with Gasteiger partial charge in [0.1, 0.15) is 11.5 Å². The van der Waals surface area contributed by atoms with Gasteiger partial charge in [-0.25, -0.2) is 12.8 Å². The molecule has 1 aliphatic heterocycles. The van der Waals surface area contributed by atoms with Gasteiger partial charge in [-0.2, -0.15) is 4.31 Å². The maximum Gasteiger partial charge on any atom is 0.248 e. The number of halogens is 1. The third-order valence-electron chi connectivity index (χ3n) is 5.07. The highest BCUT2D eigenvalue weighted by atomic mass is 32.2. The number of hydrogen-bond acceptors (Lipinski definition) is 5. The highest BCUT2D eigenvalue weighted by Gasteiger charge is 2.36. The molecule has 2 aromatic rings. The average Bonchev–Trinajstić information content (AvgIpc) is 3.07. The Morgan fingerprint density at radius 2 is 1.87 bits per heavy atom. The van der Waals surface area contributed by atoms with E-state index in [1.807, 2.05) is 20.8 Å². The minimum atomic E-state index is -3.88. The van der Waals surface area contributed by atoms with Gasteiger partial charge in [0.15, 0.2) is 10.7 Å². The maximum absolute atomic E-state index is 13.9. The number of carbonyl (C=O) groups excluding carboxylic acids is 1. The quantitative estimate of drug-likeness (QED) is 0.753. The van der Waals surface area contributed by atoms with Gasteiger partial charge in [0.25, 0.3) is 0 Å². The van der Waals surface area contributed by atoms with Crippen LogP contribution < -0.4 is 5.32 Å². The zero-order valence-corrected chi connectivity index (χ0v) is 19.0. The molecular weight excluding hydrogens is 421 g/mol. The number of nitrogens with one attached hydrogen (secondary N) is 1. The minimum Gasteiger partial charge on any atom is -0.355 e. The predicted octanol–water partition coefficient (Wildman–Crippen LogP) is 3.61. The molecule has 2 heterocycles. The lowest BCUT2D eigenvalue weighted by Crippen LogP contribution is -2.47. The number of piperidine rings is 1. The van der Waals surface area contributed by atoms with Crippen molar-refractivity contribution in [2.45, 2.75) is 51.0 Å². The number of benzene rings is 1. The Morgan fingerprint density at radius 1 is 1.23 bits per heavy atom. The number of sulfonamides is 1. The molecular formula is C22H28FN3O4S. The fourth-order valence-electron chi connectivity index (χ4n) is 3.53. The van der Waals surface area contributed by atoms with Crippen LogP contribution in [0.4, 0.5) is 4.39 Å². The van der Waals surface area contributed by atoms with E-state index in [-0.39, 0.29) is 46.8 Å². The largest absolute Gasteiger partial charge is 0.355 e. The van der Waals surface area contributed by atoms with Crippen molar-refractivity contribution in [3.8, 4) is 0 Å². The summed E-state index contributed by atoms with van der Waals surface area (Å²) in [5.74, 6) is -0.655. The minimum absolute atomic E-state index is 0.0299. The van der Waals surface area contributed by atoms with E-state index in [0.717, 1.165) is 0 Å². The van der Waals surface area contributed by atoms with Crippen molar-refractivity contribution in [1.82, 2.24) is 14.8 Å². The molecule has 0 bridgehead atoms. The Balaban J connectivity index is 1.77. The number of rotatable bonds is 5. The molecule has 0 unspecified atom stereocenters. The van der Waals surface area contributed by atoms with E-state index in [1.165, 1.54) is 22.5 Å². The Bertz CT molecular complexity index is 1080. The first-order valence-electron chi connectivity index (χ1n) is 10.2. The third kappa shape index (κ3) is 5.40. The molecule has 0 spiro atoms. The Morgan fingerprint density at radius 3 is 2.48 bits per heavy atom. The van der Waals surface area contributed by atoms with Gasteiger partial charge >= 0.3 is 0 Å². The smallest absolute Gasteiger partial charge is 0.248 e. The molecule has 1 aromatic heterocycles. The molecule has 1 saturated heterocycles. The van der Waals surface area contributed by atoms with Gasteiger partial charge in [0.2, 0.25) is 15.9 Å². The average molecular weight is 450 g/mol. The Labute approximate surface area is 182 Å². The maximum atomic E-state index is 13.9. The van der Waals surface area contributed by atoms with E-state index in [2.05, 4.69) is 10.5 Å². The third-order valence-corrected chi connectivity index (χ3v) is 7.13. The predicted molar refractivity (Wildman–Crippen MR) is 116 cm³/mol. The molecule has 9 heteroatoms. The molecule has 1 aromatic carbocycles. The molecule has 0 radical (unpaired) electrons. The van der Waals surface area contributed by atoms with E-state index in [4.69, 9.17) is 4.52 Å². The van der Waals surface area contributed by atoms with Gasteiger partial charge in [-0.15, -0.1) is 0 Å². The van der Waals surface area contributed by atoms with Crippen LogP contribution in [0.25, 0.3) is 12.2 Å². The number of aryl methyl sites for hydroxylation is 1. The normalized spacial score (nSPS) is 16.7. The molecule has 1 aliphatic rings. The van der Waals surface area contributed by atoms with Crippen LogP contribution in [-0.2, 0) is 14.8 Å². The van der Waals surface area contributed by atoms with Crippen molar-refractivity contribution in [2.24, 2.45) is 5.92 Å². The van der Waals surface area contributed by atoms with Gasteiger partial charge in [-0.3, -0.25) is 4.79 Å². The molecule has 3 rings (SSSR count). The van der Waals surface area contributed by atoms with Crippen molar-refractivity contribution in [2.75, 3.05) is 13.1 Å². The summed E-state index contributed by atoms with van der Waals surface area (Å²) in [6, 6.07) is 6.16. The Hall–Kier alpha value is -2.52. The van der Waals surface area contributed by atoms with Gasteiger partial charge < -0.3 is 9.84 Å². The van der Waals surface area contributed by atoms with Crippen molar-refractivity contribution < 1.29 is 22.1 Å². The second-order valence-corrected chi connectivity index (χ2v) is 10.6. The lowest BCUT2D eigenvalue weighted by atomic mass is 9.96. The molecule has 1 amide bonds. The summed E-state index contributed by atoms with van der Waals surface area (Å²) >= 11 is 0. The first kappa shape index (κ1) is 23.1. The van der Waals surface area contributed by atoms with Crippen LogP contribution in [0.3, 0.4) is 0 Å². The zero-order valence-electron chi connectivity index (χ0n) is 18.2. The SMILES string of the molecule is Cc1noc(/C=C/c2ccccc2F)c1S(=O)(=O)N1CCC(C(=O)NC(C)(C)C)CC1. The summed E-state index contributed by atoms with van der Waals surface area (Å²) in [4.78, 5) is 12.4. The van der Waals surface area contributed by atoms with Crippen molar-refractivity contribution in [1.29, 1.82) is 0 Å². The summed E-state index contributed by atoms with van der Waals surface area (Å²) in [6.45, 7) is 7.75. The molecule has 1 fully saturated rings. The van der Waals surface area contributed by atoms with E-state index < -0.39 is 15.8 Å². The van der Waals surface area contributed by atoms with Crippen molar-refractivity contribution in [3.05, 3.63) is 47.1 Å². The molecule has 7 nitrogen and oxygen atoms in total. The van der Waals surface area contributed by atoms with E-state index in [9.17, 15) is 17.6 Å².